The van der Waals surface area contributed by atoms with E-state index < -0.39 is 18.0 Å². The fourth-order valence-corrected chi connectivity index (χ4v) is 1.56. The highest BCUT2D eigenvalue weighted by molar-refractivity contribution is 6.10. The lowest BCUT2D eigenvalue weighted by Crippen LogP contribution is -2.48. The summed E-state index contributed by atoms with van der Waals surface area (Å²) < 4.78 is 9.81. The van der Waals surface area contributed by atoms with Crippen molar-refractivity contribution < 1.29 is 19.1 Å². The quantitative estimate of drug-likeness (QED) is 0.514. The van der Waals surface area contributed by atoms with Crippen LogP contribution in [0.25, 0.3) is 0 Å². The Morgan fingerprint density at radius 3 is 2.81 bits per heavy atom. The fraction of sp³-hybridized carbons (Fsp3) is 0.273. The Hall–Kier alpha value is -2.04. The van der Waals surface area contributed by atoms with Crippen molar-refractivity contribution in [2.24, 2.45) is 0 Å². The van der Waals surface area contributed by atoms with Crippen LogP contribution in [0.2, 0.25) is 0 Å². The fourth-order valence-electron chi connectivity index (χ4n) is 1.56. The number of fused-ring (bicyclic) bond motifs is 1. The number of esters is 1. The number of nitrogens with zero attached hydrogens (tertiary/aromatic N) is 1. The molecule has 0 N–H and O–H groups in total. The second-order valence-electron chi connectivity index (χ2n) is 3.39. The molecule has 1 atom stereocenters. The van der Waals surface area contributed by atoms with E-state index in [1.807, 2.05) is 0 Å². The largest absolute Gasteiger partial charge is 0.466 e. The average molecular weight is 221 g/mol. The van der Waals surface area contributed by atoms with Crippen LogP contribution < -0.4 is 9.64 Å². The number of para-hydroxylation sites is 2. The number of carbonyl (C=O) groups is 2. The zero-order valence-electron chi connectivity index (χ0n) is 8.97. The molecule has 0 bridgehead atoms. The Kier molecular flexibility index (Phi) is 2.52. The molecule has 0 aromatic heterocycles. The Balaban J connectivity index is 2.39. The molecule has 0 radical (unpaired) electrons. The van der Waals surface area contributed by atoms with Crippen molar-refractivity contribution >= 4 is 17.6 Å². The maximum absolute atomic E-state index is 11.8. The Morgan fingerprint density at radius 2 is 2.12 bits per heavy atom. The Labute approximate surface area is 92.6 Å². The van der Waals surface area contributed by atoms with Gasteiger partial charge in [-0.3, -0.25) is 4.79 Å². The first-order chi connectivity index (χ1) is 7.65. The Bertz CT molecular complexity index is 443. The Morgan fingerprint density at radius 1 is 1.44 bits per heavy atom. The molecule has 84 valence electrons. The van der Waals surface area contributed by atoms with Gasteiger partial charge in [0, 0.05) is 7.05 Å². The van der Waals surface area contributed by atoms with Gasteiger partial charge < -0.3 is 14.4 Å². The van der Waals surface area contributed by atoms with Gasteiger partial charge in [0.1, 0.15) is 5.75 Å². The minimum Gasteiger partial charge on any atom is -0.466 e. The van der Waals surface area contributed by atoms with Crippen LogP contribution in [0.15, 0.2) is 24.3 Å². The number of hydrogen-bond acceptors (Lipinski definition) is 4. The highest BCUT2D eigenvalue weighted by Crippen LogP contribution is 2.32. The third-order valence-electron chi connectivity index (χ3n) is 2.44. The molecule has 2 rings (SSSR count). The highest BCUT2D eigenvalue weighted by Gasteiger charge is 2.38. The topological polar surface area (TPSA) is 55.8 Å². The summed E-state index contributed by atoms with van der Waals surface area (Å²) in [5.41, 5.74) is 0.646. The molecule has 1 amide bonds. The molecule has 0 saturated carbocycles. The number of ether oxygens (including phenoxy) is 2. The minimum atomic E-state index is -1.20. The van der Waals surface area contributed by atoms with Gasteiger partial charge in [-0.1, -0.05) is 12.1 Å². The van der Waals surface area contributed by atoms with Gasteiger partial charge in [0.2, 0.25) is 0 Å². The summed E-state index contributed by atoms with van der Waals surface area (Å²) in [5, 5.41) is 0. The molecule has 16 heavy (non-hydrogen) atoms. The van der Waals surface area contributed by atoms with Gasteiger partial charge in [0.25, 0.3) is 12.0 Å². The van der Waals surface area contributed by atoms with Crippen LogP contribution in [0.1, 0.15) is 0 Å². The van der Waals surface area contributed by atoms with Crippen molar-refractivity contribution in [3.63, 3.8) is 0 Å². The summed E-state index contributed by atoms with van der Waals surface area (Å²) in [4.78, 5) is 24.5. The molecule has 1 heterocycles. The molecule has 0 saturated heterocycles. The second kappa shape index (κ2) is 3.84. The maximum Gasteiger partial charge on any atom is 0.357 e. The van der Waals surface area contributed by atoms with Crippen molar-refractivity contribution in [3.8, 4) is 5.75 Å². The van der Waals surface area contributed by atoms with Crippen molar-refractivity contribution in [2.75, 3.05) is 19.1 Å². The first-order valence-corrected chi connectivity index (χ1v) is 4.76. The molecule has 0 fully saturated rings. The molecule has 5 nitrogen and oxygen atoms in total. The van der Waals surface area contributed by atoms with E-state index in [1.54, 1.807) is 31.3 Å². The third kappa shape index (κ3) is 1.50. The number of hydrogen-bond donors (Lipinski definition) is 0. The summed E-state index contributed by atoms with van der Waals surface area (Å²) in [5.74, 6) is -0.614. The monoisotopic (exact) mass is 221 g/mol. The van der Waals surface area contributed by atoms with Gasteiger partial charge in [-0.05, 0) is 12.1 Å². The smallest absolute Gasteiger partial charge is 0.357 e. The van der Waals surface area contributed by atoms with E-state index in [0.29, 0.717) is 11.4 Å². The highest BCUT2D eigenvalue weighted by atomic mass is 16.6. The zero-order chi connectivity index (χ0) is 11.7. The van der Waals surface area contributed by atoms with Crippen molar-refractivity contribution in [1.29, 1.82) is 0 Å². The van der Waals surface area contributed by atoms with E-state index in [9.17, 15) is 9.59 Å². The van der Waals surface area contributed by atoms with Crippen molar-refractivity contribution in [1.82, 2.24) is 0 Å². The first kappa shape index (κ1) is 10.5. The van der Waals surface area contributed by atoms with Gasteiger partial charge in [0.15, 0.2) is 0 Å². The first-order valence-electron chi connectivity index (χ1n) is 4.76. The number of likely N-dealkylation sites (N-methyl/N-ethyl adjacent to an activating group) is 1. The molecular weight excluding hydrogens is 210 g/mol. The van der Waals surface area contributed by atoms with Gasteiger partial charge in [-0.2, -0.15) is 0 Å². The summed E-state index contributed by atoms with van der Waals surface area (Å²) in [7, 11) is 2.82. The maximum atomic E-state index is 11.8. The number of anilines is 1. The van der Waals surface area contributed by atoms with Crippen LogP contribution in [-0.4, -0.2) is 32.1 Å². The SMILES string of the molecule is COC(=O)C1Oc2ccccc2N(C)C1=O. The van der Waals surface area contributed by atoms with Crippen molar-refractivity contribution in [2.45, 2.75) is 6.10 Å². The average Bonchev–Trinajstić information content (AvgIpc) is 2.33. The molecule has 1 aliphatic rings. The molecule has 1 aromatic carbocycles. The van der Waals surface area contributed by atoms with Crippen LogP contribution in [0.5, 0.6) is 5.75 Å². The second-order valence-corrected chi connectivity index (χ2v) is 3.39. The lowest BCUT2D eigenvalue weighted by atomic mass is 10.2. The summed E-state index contributed by atoms with van der Waals surface area (Å²) in [6, 6.07) is 7.02. The van der Waals surface area contributed by atoms with Gasteiger partial charge in [0.05, 0.1) is 12.8 Å². The number of carbonyl (C=O) groups excluding carboxylic acids is 2. The predicted octanol–water partition coefficient (Wildman–Crippen LogP) is 0.583. The van der Waals surface area contributed by atoms with Crippen LogP contribution in [0.3, 0.4) is 0 Å². The van der Waals surface area contributed by atoms with Crippen LogP contribution in [-0.2, 0) is 14.3 Å². The zero-order valence-corrected chi connectivity index (χ0v) is 8.97. The summed E-state index contributed by atoms with van der Waals surface area (Å²) in [6.45, 7) is 0. The molecule has 5 heteroatoms. The van der Waals surface area contributed by atoms with E-state index in [-0.39, 0.29) is 0 Å². The minimum absolute atomic E-state index is 0.425. The van der Waals surface area contributed by atoms with E-state index >= 15 is 0 Å². The van der Waals surface area contributed by atoms with Gasteiger partial charge in [-0.15, -0.1) is 0 Å². The number of rotatable bonds is 1. The number of methoxy groups -OCH3 is 1. The lowest BCUT2D eigenvalue weighted by molar-refractivity contribution is -0.153. The normalized spacial score (nSPS) is 18.8. The summed E-state index contributed by atoms with van der Waals surface area (Å²) in [6.07, 6.45) is -1.20. The van der Waals surface area contributed by atoms with E-state index in [1.165, 1.54) is 12.0 Å². The van der Waals surface area contributed by atoms with Gasteiger partial charge in [-0.25, -0.2) is 4.79 Å². The van der Waals surface area contributed by atoms with E-state index in [4.69, 9.17) is 4.74 Å². The van der Waals surface area contributed by atoms with Crippen molar-refractivity contribution in [3.05, 3.63) is 24.3 Å². The van der Waals surface area contributed by atoms with Crippen LogP contribution >= 0.6 is 0 Å². The van der Waals surface area contributed by atoms with E-state index in [0.717, 1.165) is 0 Å². The standard InChI is InChI=1S/C11H11NO4/c1-12-7-5-3-4-6-8(7)16-9(10(12)13)11(14)15-2/h3-6,9H,1-2H3. The predicted molar refractivity (Wildman–Crippen MR) is 56.3 cm³/mol. The molecule has 0 spiro atoms. The van der Waals surface area contributed by atoms with Crippen LogP contribution in [0.4, 0.5) is 5.69 Å². The number of benzene rings is 1. The lowest BCUT2D eigenvalue weighted by Gasteiger charge is -2.30. The molecule has 0 aliphatic carbocycles. The van der Waals surface area contributed by atoms with Gasteiger partial charge >= 0.3 is 5.97 Å². The van der Waals surface area contributed by atoms with E-state index in [2.05, 4.69) is 4.74 Å². The molecule has 1 aliphatic heterocycles. The molecule has 1 aromatic rings. The van der Waals surface area contributed by atoms with Crippen LogP contribution in [0, 0.1) is 0 Å². The summed E-state index contributed by atoms with van der Waals surface area (Å²) >= 11 is 0. The number of amides is 1. The third-order valence-corrected chi connectivity index (χ3v) is 2.44. The molecule has 1 unspecified atom stereocenters. The molecular formula is C11H11NO4.